The largest absolute Gasteiger partial charge is 0.384 e. The maximum Gasteiger partial charge on any atom is 0.0908 e. The lowest BCUT2D eigenvalue weighted by Crippen LogP contribution is -1.82. The first-order valence-corrected chi connectivity index (χ1v) is 2.45. The molecule has 0 aliphatic carbocycles. The summed E-state index contributed by atoms with van der Waals surface area (Å²) in [6.45, 7) is 0.693. The Morgan fingerprint density at radius 1 is 1.75 bits per heavy atom. The molecule has 0 aromatic carbocycles. The highest BCUT2D eigenvalue weighted by molar-refractivity contribution is 5.01. The van der Waals surface area contributed by atoms with Gasteiger partial charge in [0.1, 0.15) is 0 Å². The fraction of sp³-hybridized carbons (Fsp3) is 0.500. The Bertz CT molecular complexity index is 102. The maximum atomic E-state index is 7.99. The average Bonchev–Trinajstić information content (AvgIpc) is 1.81. The summed E-state index contributed by atoms with van der Waals surface area (Å²) in [6, 6.07) is 1.89. The van der Waals surface area contributed by atoms with Crippen molar-refractivity contribution in [2.45, 2.75) is 6.42 Å². The molecule has 0 unspecified atom stereocenters. The summed E-state index contributed by atoms with van der Waals surface area (Å²) in [4.78, 5) is 0. The minimum atomic E-state index is 0.693. The van der Waals surface area contributed by atoms with Gasteiger partial charge in [-0.2, -0.15) is 5.26 Å². The Kier molecular flexibility index (Phi) is 5.56. The molecule has 0 spiro atoms. The van der Waals surface area contributed by atoms with Crippen molar-refractivity contribution in [2.24, 2.45) is 0 Å². The van der Waals surface area contributed by atoms with Gasteiger partial charge in [-0.25, -0.2) is 0 Å². The van der Waals surface area contributed by atoms with Gasteiger partial charge in [0.05, 0.1) is 6.07 Å². The molecular weight excluding hydrogens is 102 g/mol. The van der Waals surface area contributed by atoms with Crippen LogP contribution in [0.25, 0.3) is 0 Å². The lowest BCUT2D eigenvalue weighted by molar-refractivity contribution is 0.204. The zero-order valence-corrected chi connectivity index (χ0v) is 4.92. The molecule has 0 N–H and O–H groups in total. The number of nitrogens with zero attached hydrogens (tertiary/aromatic N) is 1. The summed E-state index contributed by atoms with van der Waals surface area (Å²) in [5, 5.41) is 7.99. The van der Waals surface area contributed by atoms with Crippen LogP contribution >= 0.6 is 0 Å². The molecule has 0 saturated heterocycles. The Morgan fingerprint density at radius 2 is 2.50 bits per heavy atom. The Hall–Kier alpha value is -0.810. The Balaban J connectivity index is 2.94. The highest BCUT2D eigenvalue weighted by Crippen LogP contribution is 1.80. The van der Waals surface area contributed by atoms with Crippen molar-refractivity contribution in [2.75, 3.05) is 13.7 Å². The minimum absolute atomic E-state index is 0.693. The maximum absolute atomic E-state index is 7.99. The minimum Gasteiger partial charge on any atom is -0.384 e. The number of hydrogen-bond acceptors (Lipinski definition) is 2. The third-order valence-corrected chi connectivity index (χ3v) is 0.681. The van der Waals surface area contributed by atoms with E-state index in [1.165, 1.54) is 6.08 Å². The summed E-state index contributed by atoms with van der Waals surface area (Å²) in [5.74, 6) is 0. The monoisotopic (exact) mass is 111 g/mol. The molecule has 0 radical (unpaired) electrons. The van der Waals surface area contributed by atoms with Crippen molar-refractivity contribution < 1.29 is 4.74 Å². The highest BCUT2D eigenvalue weighted by atomic mass is 16.5. The van der Waals surface area contributed by atoms with Crippen LogP contribution < -0.4 is 0 Å². The molecule has 44 valence electrons. The van der Waals surface area contributed by atoms with Gasteiger partial charge in [0.15, 0.2) is 0 Å². The van der Waals surface area contributed by atoms with E-state index in [2.05, 4.69) is 0 Å². The molecule has 0 heterocycles. The van der Waals surface area contributed by atoms with Crippen LogP contribution in [0.5, 0.6) is 0 Å². The number of allylic oxidation sites excluding steroid dienone is 1. The number of ether oxygens (including phenoxy) is 1. The molecular formula is C6H9NO. The van der Waals surface area contributed by atoms with Gasteiger partial charge in [-0.05, 0) is 6.42 Å². The molecule has 0 saturated carbocycles. The van der Waals surface area contributed by atoms with Crippen LogP contribution in [0.1, 0.15) is 6.42 Å². The summed E-state index contributed by atoms with van der Waals surface area (Å²) in [7, 11) is 1.64. The van der Waals surface area contributed by atoms with E-state index in [9.17, 15) is 0 Å². The van der Waals surface area contributed by atoms with Gasteiger partial charge in [-0.15, -0.1) is 0 Å². The Morgan fingerprint density at radius 3 is 3.00 bits per heavy atom. The Labute approximate surface area is 49.4 Å². The smallest absolute Gasteiger partial charge is 0.0908 e. The van der Waals surface area contributed by atoms with E-state index in [-0.39, 0.29) is 0 Å². The number of nitriles is 1. The van der Waals surface area contributed by atoms with Crippen molar-refractivity contribution >= 4 is 0 Å². The molecule has 0 amide bonds. The van der Waals surface area contributed by atoms with Gasteiger partial charge in [0.2, 0.25) is 0 Å². The van der Waals surface area contributed by atoms with Crippen LogP contribution in [-0.4, -0.2) is 13.7 Å². The third kappa shape index (κ3) is 5.19. The van der Waals surface area contributed by atoms with Gasteiger partial charge < -0.3 is 4.74 Å². The van der Waals surface area contributed by atoms with E-state index in [0.29, 0.717) is 6.61 Å². The predicted octanol–water partition coefficient (Wildman–Crippen LogP) is 1.10. The summed E-state index contributed by atoms with van der Waals surface area (Å²) in [5.41, 5.74) is 0. The van der Waals surface area contributed by atoms with Crippen LogP contribution in [-0.2, 0) is 4.74 Å². The first-order chi connectivity index (χ1) is 3.91. The molecule has 0 aromatic heterocycles. The zero-order valence-electron chi connectivity index (χ0n) is 4.92. The van der Waals surface area contributed by atoms with Crippen LogP contribution in [0.4, 0.5) is 0 Å². The fourth-order valence-electron chi connectivity index (χ4n) is 0.322. The van der Waals surface area contributed by atoms with Crippen molar-refractivity contribution in [1.82, 2.24) is 0 Å². The van der Waals surface area contributed by atoms with E-state index < -0.39 is 0 Å². The van der Waals surface area contributed by atoms with Crippen molar-refractivity contribution in [3.63, 3.8) is 0 Å². The number of hydrogen-bond donors (Lipinski definition) is 0. The second-order valence-electron chi connectivity index (χ2n) is 1.31. The molecule has 0 aliphatic heterocycles. The molecule has 8 heavy (non-hydrogen) atoms. The summed E-state index contributed by atoms with van der Waals surface area (Å²) < 4.78 is 4.73. The molecule has 0 aromatic rings. The van der Waals surface area contributed by atoms with E-state index in [4.69, 9.17) is 10.00 Å². The van der Waals surface area contributed by atoms with E-state index in [0.717, 1.165) is 6.42 Å². The second-order valence-corrected chi connectivity index (χ2v) is 1.31. The molecule has 0 bridgehead atoms. The standard InChI is InChI=1S/C6H9NO/c1-8-6-4-2-3-5-7/h2-3H,4,6H2,1H3/b3-2+. The highest BCUT2D eigenvalue weighted by Gasteiger charge is 1.73. The molecule has 0 fully saturated rings. The first-order valence-electron chi connectivity index (χ1n) is 2.45. The van der Waals surface area contributed by atoms with Crippen LogP contribution in [0.15, 0.2) is 12.2 Å². The van der Waals surface area contributed by atoms with Crippen LogP contribution in [0.2, 0.25) is 0 Å². The van der Waals surface area contributed by atoms with Crippen molar-refractivity contribution in [3.8, 4) is 6.07 Å². The van der Waals surface area contributed by atoms with Crippen molar-refractivity contribution in [1.29, 1.82) is 5.26 Å². The number of methoxy groups -OCH3 is 1. The molecule has 2 heteroatoms. The van der Waals surface area contributed by atoms with E-state index in [1.54, 1.807) is 13.2 Å². The average molecular weight is 111 g/mol. The topological polar surface area (TPSA) is 33.0 Å². The molecule has 0 aliphatic rings. The van der Waals surface area contributed by atoms with E-state index >= 15 is 0 Å². The first kappa shape index (κ1) is 7.19. The van der Waals surface area contributed by atoms with Gasteiger partial charge in [0, 0.05) is 19.8 Å². The molecule has 0 rings (SSSR count). The molecule has 2 nitrogen and oxygen atoms in total. The van der Waals surface area contributed by atoms with Gasteiger partial charge >= 0.3 is 0 Å². The van der Waals surface area contributed by atoms with Crippen molar-refractivity contribution in [3.05, 3.63) is 12.2 Å². The normalized spacial score (nSPS) is 9.50. The zero-order chi connectivity index (χ0) is 6.24. The lowest BCUT2D eigenvalue weighted by atomic mass is 10.4. The van der Waals surface area contributed by atoms with Gasteiger partial charge in [0.25, 0.3) is 0 Å². The summed E-state index contributed by atoms with van der Waals surface area (Å²) in [6.07, 6.45) is 4.06. The SMILES string of the molecule is COCC/C=C/C#N. The van der Waals surface area contributed by atoms with Crippen LogP contribution in [0, 0.1) is 11.3 Å². The fourth-order valence-corrected chi connectivity index (χ4v) is 0.322. The quantitative estimate of drug-likeness (QED) is 0.403. The lowest BCUT2D eigenvalue weighted by Gasteiger charge is -1.87. The van der Waals surface area contributed by atoms with Gasteiger partial charge in [-0.1, -0.05) is 6.08 Å². The second kappa shape index (κ2) is 6.19. The predicted molar refractivity (Wildman–Crippen MR) is 31.2 cm³/mol. The third-order valence-electron chi connectivity index (χ3n) is 0.681. The van der Waals surface area contributed by atoms with Gasteiger partial charge in [-0.3, -0.25) is 0 Å². The summed E-state index contributed by atoms with van der Waals surface area (Å²) >= 11 is 0. The van der Waals surface area contributed by atoms with E-state index in [1.807, 2.05) is 6.07 Å². The molecule has 0 atom stereocenters. The number of rotatable bonds is 3. The van der Waals surface area contributed by atoms with Crippen LogP contribution in [0.3, 0.4) is 0 Å².